The molecule has 1 aromatic rings. The molecular formula is C12H17N3O4S. The van der Waals surface area contributed by atoms with E-state index in [0.29, 0.717) is 31.9 Å². The quantitative estimate of drug-likeness (QED) is 0.764. The van der Waals surface area contributed by atoms with Crippen LogP contribution in [0.4, 0.5) is 11.4 Å². The largest absolute Gasteiger partial charge is 0.478 e. The van der Waals surface area contributed by atoms with Crippen molar-refractivity contribution in [2.24, 2.45) is 0 Å². The van der Waals surface area contributed by atoms with Gasteiger partial charge in [-0.2, -0.15) is 4.31 Å². The number of para-hydroxylation sites is 1. The standard InChI is InChI=1S/C12H17N3O4S/c1-20(18,19)15-7-5-14(6-8-15)10-4-2-3-9(11(10)13)12(16)17/h2-4H,5-8,13H2,1H3,(H,16,17). The van der Waals surface area contributed by atoms with Crippen molar-refractivity contribution in [3.63, 3.8) is 0 Å². The molecule has 20 heavy (non-hydrogen) atoms. The molecule has 1 fully saturated rings. The van der Waals surface area contributed by atoms with E-state index in [1.807, 2.05) is 4.90 Å². The smallest absolute Gasteiger partial charge is 0.337 e. The van der Waals surface area contributed by atoms with Crippen molar-refractivity contribution in [2.45, 2.75) is 0 Å². The van der Waals surface area contributed by atoms with Gasteiger partial charge in [0.25, 0.3) is 0 Å². The molecule has 1 aliphatic rings. The highest BCUT2D eigenvalue weighted by atomic mass is 32.2. The Morgan fingerprint density at radius 1 is 1.25 bits per heavy atom. The molecule has 0 amide bonds. The Labute approximate surface area is 117 Å². The molecule has 0 saturated carbocycles. The van der Waals surface area contributed by atoms with E-state index in [2.05, 4.69) is 0 Å². The third-order valence-electron chi connectivity index (χ3n) is 3.36. The van der Waals surface area contributed by atoms with Crippen molar-refractivity contribution in [1.82, 2.24) is 4.31 Å². The molecule has 1 saturated heterocycles. The lowest BCUT2D eigenvalue weighted by Gasteiger charge is -2.35. The number of anilines is 2. The van der Waals surface area contributed by atoms with Gasteiger partial charge >= 0.3 is 5.97 Å². The summed E-state index contributed by atoms with van der Waals surface area (Å²) in [4.78, 5) is 13.0. The molecule has 8 heteroatoms. The number of nitrogens with zero attached hydrogens (tertiary/aromatic N) is 2. The predicted octanol–water partition coefficient (Wildman–Crippen LogP) is 0.0486. The molecule has 0 aliphatic carbocycles. The Balaban J connectivity index is 2.19. The Morgan fingerprint density at radius 3 is 2.35 bits per heavy atom. The molecule has 110 valence electrons. The average molecular weight is 299 g/mol. The summed E-state index contributed by atoms with van der Waals surface area (Å²) in [6, 6.07) is 4.84. The fourth-order valence-corrected chi connectivity index (χ4v) is 3.10. The minimum Gasteiger partial charge on any atom is -0.478 e. The van der Waals surface area contributed by atoms with Gasteiger partial charge in [-0.25, -0.2) is 13.2 Å². The zero-order chi connectivity index (χ0) is 14.9. The number of hydrogen-bond acceptors (Lipinski definition) is 5. The number of aromatic carboxylic acids is 1. The van der Waals surface area contributed by atoms with Crippen LogP contribution in [0.5, 0.6) is 0 Å². The minimum atomic E-state index is -3.18. The van der Waals surface area contributed by atoms with Gasteiger partial charge in [-0.3, -0.25) is 0 Å². The van der Waals surface area contributed by atoms with Crippen molar-refractivity contribution in [2.75, 3.05) is 43.1 Å². The number of carboxylic acid groups (broad SMARTS) is 1. The van der Waals surface area contributed by atoms with E-state index < -0.39 is 16.0 Å². The van der Waals surface area contributed by atoms with Crippen molar-refractivity contribution >= 4 is 27.4 Å². The maximum Gasteiger partial charge on any atom is 0.337 e. The Kier molecular flexibility index (Phi) is 3.87. The summed E-state index contributed by atoms with van der Waals surface area (Å²) in [6.45, 7) is 1.71. The van der Waals surface area contributed by atoms with Crippen LogP contribution in [0.25, 0.3) is 0 Å². The van der Waals surface area contributed by atoms with Crippen LogP contribution in [0.15, 0.2) is 18.2 Å². The zero-order valence-electron chi connectivity index (χ0n) is 11.1. The van der Waals surface area contributed by atoms with Crippen LogP contribution in [0.2, 0.25) is 0 Å². The third-order valence-corrected chi connectivity index (χ3v) is 4.67. The number of piperazine rings is 1. The van der Waals surface area contributed by atoms with Gasteiger partial charge < -0.3 is 15.7 Å². The van der Waals surface area contributed by atoms with Crippen LogP contribution in [-0.2, 0) is 10.0 Å². The van der Waals surface area contributed by atoms with Crippen LogP contribution >= 0.6 is 0 Å². The van der Waals surface area contributed by atoms with Gasteiger partial charge in [0.05, 0.1) is 23.2 Å². The topological polar surface area (TPSA) is 104 Å². The number of carboxylic acids is 1. The summed E-state index contributed by atoms with van der Waals surface area (Å²) in [5.41, 5.74) is 6.80. The van der Waals surface area contributed by atoms with Crippen LogP contribution in [0.3, 0.4) is 0 Å². The summed E-state index contributed by atoms with van der Waals surface area (Å²) in [5, 5.41) is 9.05. The Morgan fingerprint density at radius 2 is 1.85 bits per heavy atom. The molecule has 0 unspecified atom stereocenters. The minimum absolute atomic E-state index is 0.0630. The van der Waals surface area contributed by atoms with Crippen molar-refractivity contribution in [3.8, 4) is 0 Å². The van der Waals surface area contributed by atoms with Crippen molar-refractivity contribution in [1.29, 1.82) is 0 Å². The first kappa shape index (κ1) is 14.6. The van der Waals surface area contributed by atoms with Gasteiger partial charge in [0, 0.05) is 26.2 Å². The lowest BCUT2D eigenvalue weighted by Crippen LogP contribution is -2.48. The van der Waals surface area contributed by atoms with Crippen LogP contribution in [0.1, 0.15) is 10.4 Å². The number of nitrogens with two attached hydrogens (primary N) is 1. The van der Waals surface area contributed by atoms with E-state index in [1.54, 1.807) is 12.1 Å². The number of carbonyl (C=O) groups is 1. The second kappa shape index (κ2) is 5.29. The molecule has 0 atom stereocenters. The summed E-state index contributed by atoms with van der Waals surface area (Å²) < 4.78 is 24.3. The molecule has 0 radical (unpaired) electrons. The molecular weight excluding hydrogens is 282 g/mol. The van der Waals surface area contributed by atoms with E-state index in [0.717, 1.165) is 0 Å². The first-order chi connectivity index (χ1) is 9.30. The molecule has 2 rings (SSSR count). The van der Waals surface area contributed by atoms with E-state index in [9.17, 15) is 13.2 Å². The van der Waals surface area contributed by atoms with Gasteiger partial charge in [-0.1, -0.05) is 6.07 Å². The lowest BCUT2D eigenvalue weighted by atomic mass is 10.1. The summed E-state index contributed by atoms with van der Waals surface area (Å²) in [6.07, 6.45) is 1.18. The highest BCUT2D eigenvalue weighted by Gasteiger charge is 2.25. The first-order valence-corrected chi connectivity index (χ1v) is 7.97. The number of sulfonamides is 1. The van der Waals surface area contributed by atoms with Gasteiger partial charge in [0.1, 0.15) is 0 Å². The van der Waals surface area contributed by atoms with Gasteiger partial charge in [-0.05, 0) is 12.1 Å². The zero-order valence-corrected chi connectivity index (χ0v) is 11.9. The number of rotatable bonds is 3. The summed E-state index contributed by atoms with van der Waals surface area (Å²) in [7, 11) is -3.18. The fraction of sp³-hybridized carbons (Fsp3) is 0.417. The van der Waals surface area contributed by atoms with Gasteiger partial charge in [0.15, 0.2) is 0 Å². The third kappa shape index (κ3) is 2.86. The molecule has 0 aromatic heterocycles. The fourth-order valence-electron chi connectivity index (χ4n) is 2.28. The summed E-state index contributed by atoms with van der Waals surface area (Å²) >= 11 is 0. The van der Waals surface area contributed by atoms with Crippen LogP contribution in [0, 0.1) is 0 Å². The van der Waals surface area contributed by atoms with Crippen molar-refractivity contribution < 1.29 is 18.3 Å². The molecule has 1 aliphatic heterocycles. The Hall–Kier alpha value is -1.80. The molecule has 1 heterocycles. The lowest BCUT2D eigenvalue weighted by molar-refractivity contribution is 0.0698. The summed E-state index contributed by atoms with van der Waals surface area (Å²) in [5.74, 6) is -1.07. The van der Waals surface area contributed by atoms with Gasteiger partial charge in [-0.15, -0.1) is 0 Å². The molecule has 3 N–H and O–H groups in total. The second-order valence-electron chi connectivity index (χ2n) is 4.69. The monoisotopic (exact) mass is 299 g/mol. The first-order valence-electron chi connectivity index (χ1n) is 6.12. The highest BCUT2D eigenvalue weighted by molar-refractivity contribution is 7.88. The van der Waals surface area contributed by atoms with Crippen LogP contribution in [-0.4, -0.2) is 56.2 Å². The van der Waals surface area contributed by atoms with E-state index in [1.165, 1.54) is 16.6 Å². The highest BCUT2D eigenvalue weighted by Crippen LogP contribution is 2.27. The predicted molar refractivity (Wildman–Crippen MR) is 76.4 cm³/mol. The van der Waals surface area contributed by atoms with E-state index >= 15 is 0 Å². The average Bonchev–Trinajstić information content (AvgIpc) is 2.38. The normalized spacial score (nSPS) is 17.1. The SMILES string of the molecule is CS(=O)(=O)N1CCN(c2cccc(C(=O)O)c2N)CC1. The molecule has 7 nitrogen and oxygen atoms in total. The number of hydrogen-bond donors (Lipinski definition) is 2. The number of benzene rings is 1. The maximum absolute atomic E-state index is 11.4. The maximum atomic E-state index is 11.4. The van der Waals surface area contributed by atoms with E-state index in [-0.39, 0.29) is 11.3 Å². The van der Waals surface area contributed by atoms with E-state index in [4.69, 9.17) is 10.8 Å². The van der Waals surface area contributed by atoms with Crippen LogP contribution < -0.4 is 10.6 Å². The van der Waals surface area contributed by atoms with Gasteiger partial charge in [0.2, 0.25) is 10.0 Å². The second-order valence-corrected chi connectivity index (χ2v) is 6.68. The Bertz CT molecular complexity index is 622. The number of nitrogen functional groups attached to an aromatic ring is 1. The van der Waals surface area contributed by atoms with Crippen molar-refractivity contribution in [3.05, 3.63) is 23.8 Å². The molecule has 0 spiro atoms. The molecule has 1 aromatic carbocycles. The molecule has 0 bridgehead atoms.